The van der Waals surface area contributed by atoms with Crippen LogP contribution in [0.5, 0.6) is 0 Å². The predicted molar refractivity (Wildman–Crippen MR) is 58.4 cm³/mol. The maximum Gasteiger partial charge on any atom is 0.0125 e. The maximum absolute atomic E-state index is 2.66. The normalized spacial score (nSPS) is 31.9. The lowest BCUT2D eigenvalue weighted by molar-refractivity contribution is 0.152. The second-order valence-corrected chi connectivity index (χ2v) is 9.28. The van der Waals surface area contributed by atoms with Crippen LogP contribution in [0.3, 0.4) is 0 Å². The molecule has 2 aliphatic heterocycles. The lowest BCUT2D eigenvalue weighted by Crippen LogP contribution is -2.47. The van der Waals surface area contributed by atoms with Crippen molar-refractivity contribution >= 4 is 10.0 Å². The Morgan fingerprint density at radius 3 is 1.75 bits per heavy atom. The average Bonchev–Trinajstić information content (AvgIpc) is 2.68. The fourth-order valence-corrected chi connectivity index (χ4v) is 5.20. The van der Waals surface area contributed by atoms with Gasteiger partial charge in [-0.25, -0.2) is 10.0 Å². The van der Waals surface area contributed by atoms with E-state index in [9.17, 15) is 0 Å². The summed E-state index contributed by atoms with van der Waals surface area (Å²) in [4.78, 5) is 2.66. The second-order valence-electron chi connectivity index (χ2n) is 5.20. The van der Waals surface area contributed by atoms with Crippen molar-refractivity contribution in [3.8, 4) is 0 Å². The zero-order valence-corrected chi connectivity index (χ0v) is 9.41. The highest BCUT2D eigenvalue weighted by atomic mass is 32.3. The highest BCUT2D eigenvalue weighted by Gasteiger charge is 2.40. The van der Waals surface area contributed by atoms with Gasteiger partial charge in [0, 0.05) is 18.6 Å². The summed E-state index contributed by atoms with van der Waals surface area (Å²) in [5.74, 6) is 6.30. The van der Waals surface area contributed by atoms with Gasteiger partial charge < -0.3 is 0 Å². The number of hydrogen-bond donors (Lipinski definition) is 0. The minimum atomic E-state index is 0.0324. The number of rotatable bonds is 0. The average molecular weight is 187 g/mol. The van der Waals surface area contributed by atoms with E-state index in [1.807, 2.05) is 0 Å². The van der Waals surface area contributed by atoms with Crippen LogP contribution in [0.1, 0.15) is 20.8 Å². The molecule has 0 atom stereocenters. The van der Waals surface area contributed by atoms with Crippen molar-refractivity contribution in [2.24, 2.45) is 0 Å². The minimum Gasteiger partial charge on any atom is -0.297 e. The number of hydrogen-bond acceptors (Lipinski definition) is 1. The van der Waals surface area contributed by atoms with Gasteiger partial charge in [0.15, 0.2) is 0 Å². The highest BCUT2D eigenvalue weighted by Crippen LogP contribution is 2.62. The van der Waals surface area contributed by atoms with Crippen LogP contribution in [-0.4, -0.2) is 46.5 Å². The quantitative estimate of drug-likeness (QED) is 0.524. The fourth-order valence-electron chi connectivity index (χ4n) is 2.02. The van der Waals surface area contributed by atoms with Crippen molar-refractivity contribution in [2.45, 2.75) is 26.3 Å². The molecule has 2 fully saturated rings. The first-order chi connectivity index (χ1) is 5.52. The molecular weight excluding hydrogens is 166 g/mol. The lowest BCUT2D eigenvalue weighted by Gasteiger charge is -2.42. The molecule has 2 aliphatic rings. The zero-order chi connectivity index (χ0) is 8.82. The van der Waals surface area contributed by atoms with Crippen LogP contribution in [-0.2, 0) is 0 Å². The molecule has 0 saturated carbocycles. The van der Waals surface area contributed by atoms with Crippen LogP contribution in [0.15, 0.2) is 0 Å². The maximum atomic E-state index is 2.66. The van der Waals surface area contributed by atoms with E-state index >= 15 is 0 Å². The van der Waals surface area contributed by atoms with Crippen molar-refractivity contribution in [3.05, 3.63) is 0 Å². The monoisotopic (exact) mass is 187 g/mol. The van der Waals surface area contributed by atoms with Gasteiger partial charge in [-0.15, -0.1) is 0 Å². The van der Waals surface area contributed by atoms with Crippen molar-refractivity contribution in [1.82, 2.24) is 4.90 Å². The molecule has 0 aromatic rings. The summed E-state index contributed by atoms with van der Waals surface area (Å²) in [7, 11) is 0.0324. The van der Waals surface area contributed by atoms with E-state index in [0.29, 0.717) is 5.54 Å². The van der Waals surface area contributed by atoms with Crippen LogP contribution in [0.2, 0.25) is 0 Å². The van der Waals surface area contributed by atoms with Gasteiger partial charge in [-0.3, -0.25) is 4.90 Å². The first kappa shape index (κ1) is 8.89. The summed E-state index contributed by atoms with van der Waals surface area (Å²) >= 11 is 0. The molecule has 1 nitrogen and oxygen atoms in total. The van der Waals surface area contributed by atoms with Gasteiger partial charge >= 0.3 is 0 Å². The van der Waals surface area contributed by atoms with Crippen molar-refractivity contribution < 1.29 is 0 Å². The first-order valence-electron chi connectivity index (χ1n) is 5.01. The Morgan fingerprint density at radius 2 is 1.42 bits per heavy atom. The topological polar surface area (TPSA) is 3.24 Å². The molecule has 0 aromatic carbocycles. The number of nitrogens with zero attached hydrogens (tertiary/aromatic N) is 1. The van der Waals surface area contributed by atoms with E-state index in [-0.39, 0.29) is 10.0 Å². The third-order valence-corrected chi connectivity index (χ3v) is 6.98. The molecule has 1 spiro atoms. The van der Waals surface area contributed by atoms with Crippen LogP contribution < -0.4 is 0 Å². The van der Waals surface area contributed by atoms with Gasteiger partial charge in [-0.05, 0) is 43.8 Å². The van der Waals surface area contributed by atoms with E-state index in [0.717, 1.165) is 0 Å². The molecule has 0 aromatic heterocycles. The van der Waals surface area contributed by atoms with Gasteiger partial charge in [0.05, 0.1) is 0 Å². The lowest BCUT2D eigenvalue weighted by atomic mass is 10.1. The molecule has 0 amide bonds. The summed E-state index contributed by atoms with van der Waals surface area (Å²) in [6, 6.07) is 0. The van der Waals surface area contributed by atoms with Crippen LogP contribution in [0.25, 0.3) is 0 Å². The third-order valence-electron chi connectivity index (χ3n) is 3.32. The Kier molecular flexibility index (Phi) is 1.96. The molecule has 0 N–H and O–H groups in total. The molecule has 2 heterocycles. The molecule has 0 aliphatic carbocycles. The highest BCUT2D eigenvalue weighted by molar-refractivity contribution is 8.39. The minimum absolute atomic E-state index is 0.0324. The van der Waals surface area contributed by atoms with Gasteiger partial charge in [0.25, 0.3) is 0 Å². The van der Waals surface area contributed by atoms with Crippen molar-refractivity contribution in [3.63, 3.8) is 0 Å². The Morgan fingerprint density at radius 1 is 0.917 bits per heavy atom. The summed E-state index contributed by atoms with van der Waals surface area (Å²) in [6.45, 7) is 9.77. The van der Waals surface area contributed by atoms with Crippen LogP contribution >= 0.6 is 10.0 Å². The molecule has 0 unspecified atom stereocenters. The Hall–Kier alpha value is 0.310. The van der Waals surface area contributed by atoms with E-state index in [1.54, 1.807) is 23.0 Å². The van der Waals surface area contributed by atoms with Crippen molar-refractivity contribution in [2.75, 3.05) is 36.1 Å². The van der Waals surface area contributed by atoms with E-state index < -0.39 is 0 Å². The summed E-state index contributed by atoms with van der Waals surface area (Å²) in [5, 5.41) is 0. The predicted octanol–water partition coefficient (Wildman–Crippen LogP) is 1.92. The van der Waals surface area contributed by atoms with Gasteiger partial charge in [0.2, 0.25) is 0 Å². The zero-order valence-electron chi connectivity index (χ0n) is 8.60. The Labute approximate surface area is 77.8 Å². The molecule has 72 valence electrons. The molecule has 2 heteroatoms. The third kappa shape index (κ3) is 1.64. The Balaban J connectivity index is 1.90. The standard InChI is InChI=1S/C10H21NS/c1-10(2,3)11-4-6-12(7-5-11)8-9-12/h4-9H2,1-3H3. The molecule has 2 rings (SSSR count). The van der Waals surface area contributed by atoms with Crippen molar-refractivity contribution in [1.29, 1.82) is 0 Å². The fraction of sp³-hybridized carbons (Fsp3) is 1.00. The smallest absolute Gasteiger partial charge is 0.0125 e. The first-order valence-corrected chi connectivity index (χ1v) is 7.32. The van der Waals surface area contributed by atoms with Gasteiger partial charge in [0.1, 0.15) is 0 Å². The van der Waals surface area contributed by atoms with Gasteiger partial charge in [-0.2, -0.15) is 0 Å². The Bertz CT molecular complexity index is 169. The van der Waals surface area contributed by atoms with E-state index in [2.05, 4.69) is 25.7 Å². The van der Waals surface area contributed by atoms with Crippen LogP contribution in [0, 0.1) is 0 Å². The largest absolute Gasteiger partial charge is 0.297 e. The summed E-state index contributed by atoms with van der Waals surface area (Å²) < 4.78 is 0. The van der Waals surface area contributed by atoms with E-state index in [4.69, 9.17) is 0 Å². The molecular formula is C10H21NS. The SMILES string of the molecule is CC(C)(C)N1CCS2(CC1)CC2. The second kappa shape index (κ2) is 2.65. The summed E-state index contributed by atoms with van der Waals surface area (Å²) in [5.41, 5.74) is 0.413. The van der Waals surface area contributed by atoms with E-state index in [1.165, 1.54) is 13.1 Å². The van der Waals surface area contributed by atoms with Crippen LogP contribution in [0.4, 0.5) is 0 Å². The molecule has 12 heavy (non-hydrogen) atoms. The molecule has 0 bridgehead atoms. The molecule has 0 radical (unpaired) electrons. The summed E-state index contributed by atoms with van der Waals surface area (Å²) in [6.07, 6.45) is 0. The molecule has 2 saturated heterocycles. The van der Waals surface area contributed by atoms with Gasteiger partial charge in [-0.1, -0.05) is 0 Å².